The van der Waals surface area contributed by atoms with Crippen molar-refractivity contribution in [3.63, 3.8) is 0 Å². The fourth-order valence-corrected chi connectivity index (χ4v) is 1.63. The van der Waals surface area contributed by atoms with Crippen molar-refractivity contribution in [3.05, 3.63) is 53.9 Å². The molecule has 0 saturated carbocycles. The highest BCUT2D eigenvalue weighted by Crippen LogP contribution is 2.24. The summed E-state index contributed by atoms with van der Waals surface area (Å²) in [5, 5.41) is 0. The third-order valence-electron chi connectivity index (χ3n) is 2.60. The van der Waals surface area contributed by atoms with Gasteiger partial charge in [-0.05, 0) is 24.3 Å². The van der Waals surface area contributed by atoms with Crippen LogP contribution in [0.15, 0.2) is 42.7 Å². The lowest BCUT2D eigenvalue weighted by atomic mass is 10.2. The van der Waals surface area contributed by atoms with E-state index in [0.29, 0.717) is 13.2 Å². The smallest absolute Gasteiger partial charge is 0.124 e. The highest BCUT2D eigenvalue weighted by Gasteiger charge is 2.04. The van der Waals surface area contributed by atoms with Crippen LogP contribution in [0.4, 0.5) is 0 Å². The molecule has 1 aromatic heterocycles. The number of rotatable bonds is 5. The van der Waals surface area contributed by atoms with E-state index >= 15 is 0 Å². The summed E-state index contributed by atoms with van der Waals surface area (Å²) in [6.45, 7) is 0.896. The highest BCUT2D eigenvalue weighted by atomic mass is 16.5. The molecule has 0 atom stereocenters. The van der Waals surface area contributed by atoms with Crippen LogP contribution in [0.5, 0.6) is 11.5 Å². The molecule has 18 heavy (non-hydrogen) atoms. The lowest BCUT2D eigenvalue weighted by Gasteiger charge is -2.11. The molecule has 0 aliphatic heterocycles. The first-order chi connectivity index (χ1) is 8.83. The summed E-state index contributed by atoms with van der Waals surface area (Å²) in [7, 11) is 1.63. The number of ether oxygens (including phenoxy) is 2. The third-order valence-corrected chi connectivity index (χ3v) is 2.60. The Morgan fingerprint density at radius 1 is 1.28 bits per heavy atom. The van der Waals surface area contributed by atoms with Gasteiger partial charge in [-0.2, -0.15) is 0 Å². The van der Waals surface area contributed by atoms with Gasteiger partial charge in [0, 0.05) is 30.1 Å². The zero-order valence-electron chi connectivity index (χ0n) is 10.3. The normalized spacial score (nSPS) is 10.1. The Bertz CT molecular complexity index is 500. The molecule has 0 fully saturated rings. The zero-order chi connectivity index (χ0) is 12.8. The Kier molecular flexibility index (Phi) is 4.15. The molecule has 94 valence electrons. The number of hydrogen-bond acceptors (Lipinski definition) is 4. The fourth-order valence-electron chi connectivity index (χ4n) is 1.63. The third kappa shape index (κ3) is 2.99. The topological polar surface area (TPSA) is 57.4 Å². The second-order valence-corrected chi connectivity index (χ2v) is 3.83. The van der Waals surface area contributed by atoms with Crippen LogP contribution in [0.3, 0.4) is 0 Å². The van der Waals surface area contributed by atoms with Crippen molar-refractivity contribution in [2.45, 2.75) is 13.2 Å². The van der Waals surface area contributed by atoms with Gasteiger partial charge < -0.3 is 15.2 Å². The van der Waals surface area contributed by atoms with Crippen LogP contribution in [0.1, 0.15) is 11.1 Å². The van der Waals surface area contributed by atoms with Gasteiger partial charge in [-0.25, -0.2) is 0 Å². The first-order valence-electron chi connectivity index (χ1n) is 5.72. The Hall–Kier alpha value is -2.07. The number of benzene rings is 1. The van der Waals surface area contributed by atoms with Crippen molar-refractivity contribution < 1.29 is 9.47 Å². The number of nitrogens with zero attached hydrogens (tertiary/aromatic N) is 1. The minimum atomic E-state index is 0.416. The van der Waals surface area contributed by atoms with Crippen molar-refractivity contribution in [2.24, 2.45) is 5.73 Å². The molecule has 2 N–H and O–H groups in total. The standard InChI is InChI=1S/C14H16N2O2/c1-17-13-4-5-14(12(7-13)8-15)18-10-11-3-2-6-16-9-11/h2-7,9H,8,10,15H2,1H3. The maximum atomic E-state index is 5.74. The second-order valence-electron chi connectivity index (χ2n) is 3.83. The largest absolute Gasteiger partial charge is 0.497 e. The second kappa shape index (κ2) is 6.02. The average Bonchev–Trinajstić information content (AvgIpc) is 2.46. The van der Waals surface area contributed by atoms with Gasteiger partial charge in [0.25, 0.3) is 0 Å². The molecule has 0 bridgehead atoms. The molecule has 0 amide bonds. The van der Waals surface area contributed by atoms with Gasteiger partial charge in [0.05, 0.1) is 7.11 Å². The van der Waals surface area contributed by atoms with Crippen LogP contribution in [0.25, 0.3) is 0 Å². The van der Waals surface area contributed by atoms with Gasteiger partial charge in [0.2, 0.25) is 0 Å². The van der Waals surface area contributed by atoms with Gasteiger partial charge in [0.1, 0.15) is 18.1 Å². The van der Waals surface area contributed by atoms with Gasteiger partial charge in [-0.15, -0.1) is 0 Å². The molecule has 4 nitrogen and oxygen atoms in total. The van der Waals surface area contributed by atoms with E-state index in [2.05, 4.69) is 4.98 Å². The van der Waals surface area contributed by atoms with E-state index < -0.39 is 0 Å². The van der Waals surface area contributed by atoms with E-state index in [9.17, 15) is 0 Å². The van der Waals surface area contributed by atoms with Crippen molar-refractivity contribution in [1.82, 2.24) is 4.98 Å². The molecule has 0 saturated heterocycles. The molecule has 1 heterocycles. The van der Waals surface area contributed by atoms with Gasteiger partial charge in [-0.1, -0.05) is 6.07 Å². The van der Waals surface area contributed by atoms with Crippen molar-refractivity contribution >= 4 is 0 Å². The number of aromatic nitrogens is 1. The fraction of sp³-hybridized carbons (Fsp3) is 0.214. The SMILES string of the molecule is COc1ccc(OCc2cccnc2)c(CN)c1. The van der Waals surface area contributed by atoms with Gasteiger partial charge in [0.15, 0.2) is 0 Å². The van der Waals surface area contributed by atoms with Crippen LogP contribution in [0, 0.1) is 0 Å². The predicted molar refractivity (Wildman–Crippen MR) is 69.5 cm³/mol. The number of nitrogens with two attached hydrogens (primary N) is 1. The van der Waals surface area contributed by atoms with Crippen LogP contribution in [-0.2, 0) is 13.2 Å². The number of methoxy groups -OCH3 is 1. The van der Waals surface area contributed by atoms with E-state index in [1.807, 2.05) is 30.3 Å². The highest BCUT2D eigenvalue weighted by molar-refractivity contribution is 5.40. The number of hydrogen-bond donors (Lipinski definition) is 1. The first kappa shape index (κ1) is 12.4. The molecule has 0 radical (unpaired) electrons. The van der Waals surface area contributed by atoms with Crippen LogP contribution in [-0.4, -0.2) is 12.1 Å². The Balaban J connectivity index is 2.09. The number of pyridine rings is 1. The van der Waals surface area contributed by atoms with E-state index in [4.69, 9.17) is 15.2 Å². The summed E-state index contributed by atoms with van der Waals surface area (Å²) in [6.07, 6.45) is 3.52. The van der Waals surface area contributed by atoms with Gasteiger partial charge >= 0.3 is 0 Å². The lowest BCUT2D eigenvalue weighted by molar-refractivity contribution is 0.301. The summed E-state index contributed by atoms with van der Waals surface area (Å²) in [5.41, 5.74) is 7.65. The molecule has 0 aliphatic rings. The van der Waals surface area contributed by atoms with Gasteiger partial charge in [-0.3, -0.25) is 4.98 Å². The molecular formula is C14H16N2O2. The Morgan fingerprint density at radius 3 is 2.83 bits per heavy atom. The minimum Gasteiger partial charge on any atom is -0.497 e. The summed E-state index contributed by atoms with van der Waals surface area (Å²) in [5.74, 6) is 1.56. The molecule has 2 aromatic rings. The molecule has 1 aromatic carbocycles. The summed E-state index contributed by atoms with van der Waals surface area (Å²) >= 11 is 0. The van der Waals surface area contributed by atoms with E-state index in [0.717, 1.165) is 22.6 Å². The summed E-state index contributed by atoms with van der Waals surface area (Å²) in [6, 6.07) is 9.48. The van der Waals surface area contributed by atoms with E-state index in [1.165, 1.54) is 0 Å². The maximum absolute atomic E-state index is 5.74. The summed E-state index contributed by atoms with van der Waals surface area (Å²) in [4.78, 5) is 4.04. The Morgan fingerprint density at radius 2 is 2.17 bits per heavy atom. The predicted octanol–water partition coefficient (Wildman–Crippen LogP) is 2.13. The maximum Gasteiger partial charge on any atom is 0.124 e. The zero-order valence-corrected chi connectivity index (χ0v) is 10.3. The molecule has 0 spiro atoms. The molecule has 2 rings (SSSR count). The molecular weight excluding hydrogens is 228 g/mol. The first-order valence-corrected chi connectivity index (χ1v) is 5.72. The Labute approximate surface area is 106 Å². The van der Waals surface area contributed by atoms with Crippen molar-refractivity contribution in [1.29, 1.82) is 0 Å². The average molecular weight is 244 g/mol. The molecule has 0 unspecified atom stereocenters. The van der Waals surface area contributed by atoms with Crippen LogP contribution < -0.4 is 15.2 Å². The van der Waals surface area contributed by atoms with Crippen molar-refractivity contribution in [3.8, 4) is 11.5 Å². The van der Waals surface area contributed by atoms with Crippen LogP contribution in [0.2, 0.25) is 0 Å². The minimum absolute atomic E-state index is 0.416. The lowest BCUT2D eigenvalue weighted by Crippen LogP contribution is -2.03. The van der Waals surface area contributed by atoms with Crippen molar-refractivity contribution in [2.75, 3.05) is 7.11 Å². The molecule has 0 aliphatic carbocycles. The summed E-state index contributed by atoms with van der Waals surface area (Å²) < 4.78 is 10.9. The van der Waals surface area contributed by atoms with E-state index in [-0.39, 0.29) is 0 Å². The van der Waals surface area contributed by atoms with E-state index in [1.54, 1.807) is 19.5 Å². The van der Waals surface area contributed by atoms with Crippen LogP contribution >= 0.6 is 0 Å². The molecule has 4 heteroatoms. The quantitative estimate of drug-likeness (QED) is 0.875. The monoisotopic (exact) mass is 244 g/mol.